The lowest BCUT2D eigenvalue weighted by Gasteiger charge is -2.34. The zero-order valence-corrected chi connectivity index (χ0v) is 19.0. The second-order valence-corrected chi connectivity index (χ2v) is 9.17. The van der Waals surface area contributed by atoms with E-state index in [0.717, 1.165) is 45.7 Å². The van der Waals surface area contributed by atoms with Crippen molar-refractivity contribution in [1.82, 2.24) is 10.2 Å². The molecule has 4 rings (SSSR count). The highest BCUT2D eigenvalue weighted by Gasteiger charge is 2.41. The third kappa shape index (κ3) is 4.01. The smallest absolute Gasteiger partial charge is 0.252 e. The minimum Gasteiger partial charge on any atom is -0.497 e. The standard InChI is InChI=1S/C23H28BrN3O2/c1-14-5-6-18(27-13-19-10-20(27)12-26(19)3)11-22(14)23(28)25-15(2)16-7-17(24)9-21(8-16)29-4/h5-9,11,15,19-20H,10,12-13H2,1-4H3,(H,25,28)/t15-,19-,20-/m1/s1. The number of piperazine rings is 1. The SMILES string of the molecule is COc1cc(Br)cc([C@@H](C)NC(=O)c2cc(N3C[C@H]4C[C@@H]3CN4C)ccc2C)c1. The van der Waals surface area contributed by atoms with Crippen LogP contribution in [0.2, 0.25) is 0 Å². The van der Waals surface area contributed by atoms with Crippen molar-refractivity contribution in [1.29, 1.82) is 0 Å². The Morgan fingerprint density at radius 3 is 2.66 bits per heavy atom. The molecule has 0 spiro atoms. The van der Waals surface area contributed by atoms with Crippen LogP contribution in [0.3, 0.4) is 0 Å². The van der Waals surface area contributed by atoms with Crippen molar-refractivity contribution in [2.45, 2.75) is 38.4 Å². The van der Waals surface area contributed by atoms with Gasteiger partial charge in [0.25, 0.3) is 5.91 Å². The maximum Gasteiger partial charge on any atom is 0.252 e. The molecule has 2 saturated heterocycles. The van der Waals surface area contributed by atoms with Gasteiger partial charge in [0.1, 0.15) is 5.75 Å². The Balaban J connectivity index is 1.52. The predicted octanol–water partition coefficient (Wildman–Crippen LogP) is 4.15. The molecule has 0 aliphatic carbocycles. The summed E-state index contributed by atoms with van der Waals surface area (Å²) in [4.78, 5) is 18.0. The number of benzene rings is 2. The monoisotopic (exact) mass is 457 g/mol. The van der Waals surface area contributed by atoms with Gasteiger partial charge in [-0.1, -0.05) is 22.0 Å². The second kappa shape index (κ2) is 8.00. The van der Waals surface area contributed by atoms with E-state index in [4.69, 9.17) is 4.74 Å². The average molecular weight is 458 g/mol. The molecular formula is C23H28BrN3O2. The molecule has 154 valence electrons. The molecule has 2 bridgehead atoms. The van der Waals surface area contributed by atoms with E-state index in [1.807, 2.05) is 32.0 Å². The molecule has 6 heteroatoms. The minimum absolute atomic E-state index is 0.0442. The molecule has 2 aromatic carbocycles. The van der Waals surface area contributed by atoms with Gasteiger partial charge in [-0.2, -0.15) is 0 Å². The van der Waals surface area contributed by atoms with Crippen molar-refractivity contribution >= 4 is 27.5 Å². The summed E-state index contributed by atoms with van der Waals surface area (Å²) >= 11 is 3.51. The molecule has 0 unspecified atom stereocenters. The number of amides is 1. The summed E-state index contributed by atoms with van der Waals surface area (Å²) in [5.41, 5.74) is 3.88. The van der Waals surface area contributed by atoms with Crippen molar-refractivity contribution in [2.75, 3.05) is 32.1 Å². The van der Waals surface area contributed by atoms with Crippen molar-refractivity contribution in [3.05, 3.63) is 57.6 Å². The lowest BCUT2D eigenvalue weighted by Crippen LogP contribution is -2.44. The van der Waals surface area contributed by atoms with E-state index >= 15 is 0 Å². The molecule has 2 aliphatic rings. The third-order valence-electron chi connectivity index (χ3n) is 6.29. The van der Waals surface area contributed by atoms with E-state index in [-0.39, 0.29) is 11.9 Å². The van der Waals surface area contributed by atoms with Gasteiger partial charge in [0.05, 0.1) is 13.2 Å². The third-order valence-corrected chi connectivity index (χ3v) is 6.75. The van der Waals surface area contributed by atoms with Crippen molar-refractivity contribution in [2.24, 2.45) is 0 Å². The molecule has 0 radical (unpaired) electrons. The minimum atomic E-state index is -0.131. The largest absolute Gasteiger partial charge is 0.497 e. The number of carbonyl (C=O) groups excluding carboxylic acids is 1. The summed E-state index contributed by atoms with van der Waals surface area (Å²) in [5, 5.41) is 3.15. The quantitative estimate of drug-likeness (QED) is 0.732. The van der Waals surface area contributed by atoms with Gasteiger partial charge in [-0.3, -0.25) is 9.69 Å². The van der Waals surface area contributed by atoms with Crippen LogP contribution in [0.1, 0.15) is 40.9 Å². The van der Waals surface area contributed by atoms with Gasteiger partial charge in [-0.15, -0.1) is 0 Å². The fourth-order valence-corrected chi connectivity index (χ4v) is 5.02. The molecular weight excluding hydrogens is 430 g/mol. The van der Waals surface area contributed by atoms with Gasteiger partial charge >= 0.3 is 0 Å². The van der Waals surface area contributed by atoms with Crippen LogP contribution >= 0.6 is 15.9 Å². The summed E-state index contributed by atoms with van der Waals surface area (Å²) < 4.78 is 6.28. The number of methoxy groups -OCH3 is 1. The number of hydrogen-bond acceptors (Lipinski definition) is 4. The number of likely N-dealkylation sites (N-methyl/N-ethyl adjacent to an activating group) is 1. The van der Waals surface area contributed by atoms with Crippen LogP contribution in [0.15, 0.2) is 40.9 Å². The Hall–Kier alpha value is -2.05. The Bertz CT molecular complexity index is 930. The van der Waals surface area contributed by atoms with Crippen LogP contribution in [-0.2, 0) is 0 Å². The zero-order valence-electron chi connectivity index (χ0n) is 17.4. The highest BCUT2D eigenvalue weighted by molar-refractivity contribution is 9.10. The number of anilines is 1. The van der Waals surface area contributed by atoms with E-state index < -0.39 is 0 Å². The molecule has 2 aliphatic heterocycles. The summed E-state index contributed by atoms with van der Waals surface area (Å²) in [6, 6.07) is 13.2. The number of likely N-dealkylation sites (tertiary alicyclic amines) is 1. The molecule has 3 atom stereocenters. The van der Waals surface area contributed by atoms with Gasteiger partial charge in [0, 0.05) is 40.9 Å². The van der Waals surface area contributed by atoms with Gasteiger partial charge in [0.2, 0.25) is 0 Å². The molecule has 5 nitrogen and oxygen atoms in total. The zero-order chi connectivity index (χ0) is 20.7. The Labute approximate surface area is 181 Å². The van der Waals surface area contributed by atoms with Gasteiger partial charge in [-0.25, -0.2) is 0 Å². The van der Waals surface area contributed by atoms with Crippen LogP contribution in [-0.4, -0.2) is 50.1 Å². The number of carbonyl (C=O) groups is 1. The molecule has 2 aromatic rings. The van der Waals surface area contributed by atoms with Crippen molar-refractivity contribution < 1.29 is 9.53 Å². The second-order valence-electron chi connectivity index (χ2n) is 8.25. The number of nitrogens with zero attached hydrogens (tertiary/aromatic N) is 2. The number of hydrogen-bond donors (Lipinski definition) is 1. The fourth-order valence-electron chi connectivity index (χ4n) is 4.53. The molecule has 1 N–H and O–H groups in total. The summed E-state index contributed by atoms with van der Waals surface area (Å²) in [6.07, 6.45) is 1.22. The van der Waals surface area contributed by atoms with Crippen molar-refractivity contribution in [3.8, 4) is 5.75 Å². The normalized spacial score (nSPS) is 22.0. The average Bonchev–Trinajstić information content (AvgIpc) is 3.27. The van der Waals surface area contributed by atoms with Crippen LogP contribution in [0.4, 0.5) is 5.69 Å². The van der Waals surface area contributed by atoms with E-state index in [9.17, 15) is 4.79 Å². The first-order valence-electron chi connectivity index (χ1n) is 10.1. The van der Waals surface area contributed by atoms with Crippen LogP contribution < -0.4 is 15.0 Å². The van der Waals surface area contributed by atoms with Gasteiger partial charge in [0.15, 0.2) is 0 Å². The predicted molar refractivity (Wildman–Crippen MR) is 120 cm³/mol. The summed E-state index contributed by atoms with van der Waals surface area (Å²) in [6.45, 7) is 6.13. The first-order valence-corrected chi connectivity index (χ1v) is 10.9. The first-order chi connectivity index (χ1) is 13.9. The number of fused-ring (bicyclic) bond motifs is 2. The van der Waals surface area contributed by atoms with Crippen LogP contribution in [0.5, 0.6) is 5.75 Å². The lowest BCUT2D eigenvalue weighted by atomic mass is 10.0. The van der Waals surface area contributed by atoms with E-state index in [0.29, 0.717) is 12.1 Å². The number of aryl methyl sites for hydroxylation is 1. The maximum atomic E-state index is 13.1. The Morgan fingerprint density at radius 1 is 1.21 bits per heavy atom. The van der Waals surface area contributed by atoms with E-state index in [1.165, 1.54) is 6.42 Å². The lowest BCUT2D eigenvalue weighted by molar-refractivity contribution is 0.0939. The van der Waals surface area contributed by atoms with Gasteiger partial charge in [-0.05, 0) is 68.8 Å². The molecule has 0 saturated carbocycles. The number of ether oxygens (including phenoxy) is 1. The number of nitrogens with one attached hydrogen (secondary N) is 1. The highest BCUT2D eigenvalue weighted by Crippen LogP contribution is 2.34. The topological polar surface area (TPSA) is 44.8 Å². The molecule has 0 aromatic heterocycles. The number of halogens is 1. The maximum absolute atomic E-state index is 13.1. The Kier molecular flexibility index (Phi) is 5.58. The Morgan fingerprint density at radius 2 is 2.00 bits per heavy atom. The van der Waals surface area contributed by atoms with E-state index in [1.54, 1.807) is 7.11 Å². The number of rotatable bonds is 5. The molecule has 2 heterocycles. The summed E-state index contributed by atoms with van der Waals surface area (Å²) in [5.74, 6) is 0.722. The summed E-state index contributed by atoms with van der Waals surface area (Å²) in [7, 11) is 3.85. The fraction of sp³-hybridized carbons (Fsp3) is 0.435. The van der Waals surface area contributed by atoms with Crippen LogP contribution in [0.25, 0.3) is 0 Å². The highest BCUT2D eigenvalue weighted by atomic mass is 79.9. The molecule has 2 fully saturated rings. The molecule has 1 amide bonds. The van der Waals surface area contributed by atoms with E-state index in [2.05, 4.69) is 56.3 Å². The van der Waals surface area contributed by atoms with Crippen LogP contribution in [0, 0.1) is 6.92 Å². The molecule has 29 heavy (non-hydrogen) atoms. The van der Waals surface area contributed by atoms with Crippen molar-refractivity contribution in [3.63, 3.8) is 0 Å². The van der Waals surface area contributed by atoms with Gasteiger partial charge < -0.3 is 15.0 Å². The first kappa shape index (κ1) is 20.2.